The summed E-state index contributed by atoms with van der Waals surface area (Å²) >= 11 is 0. The summed E-state index contributed by atoms with van der Waals surface area (Å²) in [7, 11) is 0. The Bertz CT molecular complexity index is 80.1. The first kappa shape index (κ1) is 5.53. The molecule has 0 aromatic rings. The zero-order valence-electron chi connectivity index (χ0n) is 4.39. The second-order valence-electron chi connectivity index (χ2n) is 1.54. The van der Waals surface area contributed by atoms with Gasteiger partial charge < -0.3 is 10.1 Å². The lowest BCUT2D eigenvalue weighted by atomic mass is 10.6. The van der Waals surface area contributed by atoms with Gasteiger partial charge in [-0.2, -0.15) is 0 Å². The van der Waals surface area contributed by atoms with Crippen LogP contribution in [0.1, 0.15) is 0 Å². The predicted octanol–water partition coefficient (Wildman–Crippen LogP) is -1.36. The molecule has 1 amide bonds. The monoisotopic (exact) mass is 116 g/mol. The van der Waals surface area contributed by atoms with Crippen molar-refractivity contribution in [2.75, 3.05) is 13.3 Å². The van der Waals surface area contributed by atoms with Gasteiger partial charge in [0.2, 0.25) is 6.41 Å². The smallest absolute Gasteiger partial charge is 0.209 e. The third kappa shape index (κ3) is 1.18. The van der Waals surface area contributed by atoms with Crippen LogP contribution >= 0.6 is 0 Å². The number of carbonyl (C=O) groups is 1. The highest BCUT2D eigenvalue weighted by Crippen LogP contribution is 1.88. The summed E-state index contributed by atoms with van der Waals surface area (Å²) in [5.41, 5.74) is 0. The second kappa shape index (κ2) is 2.64. The van der Waals surface area contributed by atoms with Gasteiger partial charge in [0.1, 0.15) is 6.23 Å². The molecule has 0 aliphatic carbocycles. The molecule has 0 spiro atoms. The van der Waals surface area contributed by atoms with Crippen LogP contribution in [0.3, 0.4) is 0 Å². The third-order valence-corrected chi connectivity index (χ3v) is 0.970. The molecule has 0 radical (unpaired) electrons. The Morgan fingerprint density at radius 3 is 3.25 bits per heavy atom. The minimum Gasteiger partial charge on any atom is -0.342 e. The van der Waals surface area contributed by atoms with E-state index in [-0.39, 0.29) is 6.23 Å². The van der Waals surface area contributed by atoms with Gasteiger partial charge in [0, 0.05) is 6.54 Å². The van der Waals surface area contributed by atoms with Gasteiger partial charge in [-0.3, -0.25) is 10.1 Å². The Morgan fingerprint density at radius 2 is 2.75 bits per heavy atom. The predicted molar refractivity (Wildman–Crippen MR) is 26.9 cm³/mol. The second-order valence-corrected chi connectivity index (χ2v) is 1.54. The van der Waals surface area contributed by atoms with E-state index in [1.165, 1.54) is 0 Å². The first-order chi connectivity index (χ1) is 3.93. The average molecular weight is 116 g/mol. The van der Waals surface area contributed by atoms with Gasteiger partial charge >= 0.3 is 0 Å². The minimum atomic E-state index is -0.118. The number of amides is 1. The summed E-state index contributed by atoms with van der Waals surface area (Å²) in [4.78, 5) is 9.74. The molecular weight excluding hydrogens is 108 g/mol. The lowest BCUT2D eigenvalue weighted by Crippen LogP contribution is -2.30. The summed E-state index contributed by atoms with van der Waals surface area (Å²) in [6, 6.07) is 0. The van der Waals surface area contributed by atoms with Crippen molar-refractivity contribution >= 4 is 6.41 Å². The highest BCUT2D eigenvalue weighted by atomic mass is 16.5. The molecule has 0 aromatic heterocycles. The summed E-state index contributed by atoms with van der Waals surface area (Å²) < 4.78 is 4.94. The lowest BCUT2D eigenvalue weighted by molar-refractivity contribution is -0.112. The molecular formula is C4H8N2O2. The van der Waals surface area contributed by atoms with Crippen LogP contribution in [0.15, 0.2) is 0 Å². The van der Waals surface area contributed by atoms with E-state index < -0.39 is 0 Å². The van der Waals surface area contributed by atoms with Gasteiger partial charge in [0.25, 0.3) is 0 Å². The van der Waals surface area contributed by atoms with Crippen molar-refractivity contribution in [1.29, 1.82) is 0 Å². The molecule has 1 aliphatic rings. The van der Waals surface area contributed by atoms with Crippen LogP contribution in [0, 0.1) is 0 Å². The number of nitrogens with one attached hydrogen (secondary N) is 2. The SMILES string of the molecule is O=CNC1CNCO1. The van der Waals surface area contributed by atoms with Crippen molar-refractivity contribution in [3.63, 3.8) is 0 Å². The van der Waals surface area contributed by atoms with E-state index in [0.717, 1.165) is 0 Å². The molecule has 0 bridgehead atoms. The van der Waals surface area contributed by atoms with E-state index in [0.29, 0.717) is 19.7 Å². The highest BCUT2D eigenvalue weighted by Gasteiger charge is 2.11. The van der Waals surface area contributed by atoms with E-state index in [4.69, 9.17) is 4.74 Å². The number of hydrogen-bond donors (Lipinski definition) is 2. The molecule has 1 heterocycles. The Morgan fingerprint density at radius 1 is 1.88 bits per heavy atom. The van der Waals surface area contributed by atoms with Gasteiger partial charge in [-0.15, -0.1) is 0 Å². The van der Waals surface area contributed by atoms with E-state index in [1.807, 2.05) is 0 Å². The molecule has 1 saturated heterocycles. The molecule has 46 valence electrons. The van der Waals surface area contributed by atoms with Crippen LogP contribution in [0.2, 0.25) is 0 Å². The van der Waals surface area contributed by atoms with Gasteiger partial charge in [-0.25, -0.2) is 0 Å². The fourth-order valence-electron chi connectivity index (χ4n) is 0.591. The Labute approximate surface area is 47.2 Å². The summed E-state index contributed by atoms with van der Waals surface area (Å²) in [5, 5.41) is 5.39. The highest BCUT2D eigenvalue weighted by molar-refractivity contribution is 5.46. The largest absolute Gasteiger partial charge is 0.342 e. The van der Waals surface area contributed by atoms with Gasteiger partial charge in [-0.1, -0.05) is 0 Å². The summed E-state index contributed by atoms with van der Waals surface area (Å²) in [6.45, 7) is 1.24. The standard InChI is InChI=1S/C4H8N2O2/c7-2-6-4-1-5-3-8-4/h2,4-5H,1,3H2,(H,6,7). The maximum atomic E-state index is 9.74. The first-order valence-electron chi connectivity index (χ1n) is 2.45. The molecule has 0 saturated carbocycles. The summed E-state index contributed by atoms with van der Waals surface area (Å²) in [5.74, 6) is 0. The molecule has 1 unspecified atom stereocenters. The Balaban J connectivity index is 2.14. The molecule has 1 atom stereocenters. The van der Waals surface area contributed by atoms with Gasteiger partial charge in [-0.05, 0) is 0 Å². The molecule has 2 N–H and O–H groups in total. The lowest BCUT2D eigenvalue weighted by Gasteiger charge is -2.03. The van der Waals surface area contributed by atoms with Crippen molar-refractivity contribution in [1.82, 2.24) is 10.6 Å². The van der Waals surface area contributed by atoms with E-state index in [2.05, 4.69) is 10.6 Å². The van der Waals surface area contributed by atoms with Crippen LogP contribution in [0.5, 0.6) is 0 Å². The Hall–Kier alpha value is -0.610. The van der Waals surface area contributed by atoms with Crippen LogP contribution in [-0.2, 0) is 9.53 Å². The number of hydrogen-bond acceptors (Lipinski definition) is 3. The fraction of sp³-hybridized carbons (Fsp3) is 0.750. The van der Waals surface area contributed by atoms with Crippen molar-refractivity contribution in [3.8, 4) is 0 Å². The third-order valence-electron chi connectivity index (χ3n) is 0.970. The quantitative estimate of drug-likeness (QED) is 0.438. The molecule has 4 heteroatoms. The van der Waals surface area contributed by atoms with Crippen LogP contribution in [0.4, 0.5) is 0 Å². The molecule has 4 nitrogen and oxygen atoms in total. The first-order valence-corrected chi connectivity index (χ1v) is 2.45. The molecule has 8 heavy (non-hydrogen) atoms. The summed E-state index contributed by atoms with van der Waals surface area (Å²) in [6.07, 6.45) is 0.519. The molecule has 1 rings (SSSR count). The number of ether oxygens (including phenoxy) is 1. The molecule has 1 aliphatic heterocycles. The maximum absolute atomic E-state index is 9.74. The van der Waals surface area contributed by atoms with Crippen molar-refractivity contribution in [3.05, 3.63) is 0 Å². The van der Waals surface area contributed by atoms with Crippen molar-refractivity contribution < 1.29 is 9.53 Å². The van der Waals surface area contributed by atoms with E-state index in [1.54, 1.807) is 0 Å². The van der Waals surface area contributed by atoms with E-state index in [9.17, 15) is 4.79 Å². The van der Waals surface area contributed by atoms with Crippen LogP contribution < -0.4 is 10.6 Å². The zero-order valence-corrected chi connectivity index (χ0v) is 4.39. The molecule has 1 fully saturated rings. The maximum Gasteiger partial charge on any atom is 0.209 e. The average Bonchev–Trinajstić information content (AvgIpc) is 2.19. The molecule has 0 aromatic carbocycles. The van der Waals surface area contributed by atoms with Crippen LogP contribution in [0.25, 0.3) is 0 Å². The van der Waals surface area contributed by atoms with Crippen LogP contribution in [-0.4, -0.2) is 25.9 Å². The zero-order chi connectivity index (χ0) is 5.82. The fourth-order valence-corrected chi connectivity index (χ4v) is 0.591. The number of carbonyl (C=O) groups excluding carboxylic acids is 1. The Kier molecular flexibility index (Phi) is 1.82. The topological polar surface area (TPSA) is 50.4 Å². The van der Waals surface area contributed by atoms with Gasteiger partial charge in [0.05, 0.1) is 6.73 Å². The number of rotatable bonds is 2. The van der Waals surface area contributed by atoms with Crippen molar-refractivity contribution in [2.24, 2.45) is 0 Å². The minimum absolute atomic E-state index is 0.118. The van der Waals surface area contributed by atoms with E-state index >= 15 is 0 Å². The van der Waals surface area contributed by atoms with Gasteiger partial charge in [0.15, 0.2) is 0 Å². The van der Waals surface area contributed by atoms with Crippen molar-refractivity contribution in [2.45, 2.75) is 6.23 Å². The normalized spacial score (nSPS) is 27.8.